The number of hydrogen-bond acceptors (Lipinski definition) is 3. The Balaban J connectivity index is 1.94. The first-order valence-electron chi connectivity index (χ1n) is 9.73. The minimum Gasteiger partial charge on any atom is -0.459 e. The molecule has 0 amide bonds. The van der Waals surface area contributed by atoms with Crippen molar-refractivity contribution in [1.82, 2.24) is 0 Å². The average Bonchev–Trinajstić information content (AvgIpc) is 2.88. The number of carbonyl (C=O) groups is 1. The zero-order chi connectivity index (χ0) is 18.2. The highest BCUT2D eigenvalue weighted by Gasteiger charge is 2.65. The predicted molar refractivity (Wildman–Crippen MR) is 97.8 cm³/mol. The van der Waals surface area contributed by atoms with Crippen LogP contribution in [0.5, 0.6) is 0 Å². The number of hydrogen-bond donors (Lipinski definition) is 0. The zero-order valence-corrected chi connectivity index (χ0v) is 16.3. The molecule has 4 rings (SSSR count). The third kappa shape index (κ3) is 2.17. The Kier molecular flexibility index (Phi) is 3.62. The molecule has 1 saturated heterocycles. The topological polar surface area (TPSA) is 35.5 Å². The SMILES string of the molecule is [CH2][C@H]1CCC2C1=C[C@]13O[C@@]2(C)[C@H](OC(C)=O)CC1=C(C)CCC3(C)C. The summed E-state index contributed by atoms with van der Waals surface area (Å²) in [6.45, 7) is 15.0. The third-order valence-corrected chi connectivity index (χ3v) is 7.55. The van der Waals surface area contributed by atoms with Gasteiger partial charge in [0.15, 0.2) is 0 Å². The van der Waals surface area contributed by atoms with E-state index in [0.717, 1.165) is 32.1 Å². The summed E-state index contributed by atoms with van der Waals surface area (Å²) in [5.74, 6) is 0.445. The number of ether oxygens (including phenoxy) is 2. The van der Waals surface area contributed by atoms with E-state index >= 15 is 0 Å². The number of esters is 1. The Labute approximate surface area is 151 Å². The summed E-state index contributed by atoms with van der Waals surface area (Å²) in [7, 11) is 0. The minimum absolute atomic E-state index is 0.0323. The molecular formula is C22H31O3. The Morgan fingerprint density at radius 1 is 1.32 bits per heavy atom. The lowest BCUT2D eigenvalue weighted by Gasteiger charge is -2.63. The fourth-order valence-corrected chi connectivity index (χ4v) is 5.91. The first-order chi connectivity index (χ1) is 11.6. The second-order valence-electron chi connectivity index (χ2n) is 9.44. The van der Waals surface area contributed by atoms with Crippen molar-refractivity contribution in [3.63, 3.8) is 0 Å². The largest absolute Gasteiger partial charge is 0.459 e. The first-order valence-corrected chi connectivity index (χ1v) is 9.73. The number of fused-ring (bicyclic) bond motifs is 3. The van der Waals surface area contributed by atoms with Gasteiger partial charge in [0.05, 0.1) is 0 Å². The van der Waals surface area contributed by atoms with E-state index in [9.17, 15) is 4.79 Å². The monoisotopic (exact) mass is 343 g/mol. The van der Waals surface area contributed by atoms with Gasteiger partial charge in [0.1, 0.15) is 17.3 Å². The van der Waals surface area contributed by atoms with Gasteiger partial charge >= 0.3 is 5.97 Å². The van der Waals surface area contributed by atoms with Crippen LogP contribution in [0.15, 0.2) is 22.8 Å². The van der Waals surface area contributed by atoms with Crippen molar-refractivity contribution >= 4 is 5.97 Å². The van der Waals surface area contributed by atoms with Crippen molar-refractivity contribution in [2.24, 2.45) is 17.3 Å². The van der Waals surface area contributed by atoms with Gasteiger partial charge < -0.3 is 9.47 Å². The molecule has 0 aromatic carbocycles. The summed E-state index contributed by atoms with van der Waals surface area (Å²) in [6, 6.07) is 0. The Morgan fingerprint density at radius 2 is 2.04 bits per heavy atom. The molecule has 1 unspecified atom stereocenters. The van der Waals surface area contributed by atoms with Crippen LogP contribution in [-0.4, -0.2) is 23.3 Å². The highest BCUT2D eigenvalue weighted by Crippen LogP contribution is 2.63. The van der Waals surface area contributed by atoms with Gasteiger partial charge in [-0.25, -0.2) is 0 Å². The van der Waals surface area contributed by atoms with E-state index in [0.29, 0.717) is 11.8 Å². The molecule has 0 N–H and O–H groups in total. The molecule has 1 radical (unpaired) electrons. The van der Waals surface area contributed by atoms with Crippen molar-refractivity contribution in [2.75, 3.05) is 0 Å². The maximum Gasteiger partial charge on any atom is 0.303 e. The van der Waals surface area contributed by atoms with Crippen LogP contribution in [0, 0.1) is 24.2 Å². The number of rotatable bonds is 1. The molecular weight excluding hydrogens is 312 g/mol. The summed E-state index contributed by atoms with van der Waals surface area (Å²) in [5.41, 5.74) is 3.40. The van der Waals surface area contributed by atoms with Gasteiger partial charge in [-0.05, 0) is 64.0 Å². The van der Waals surface area contributed by atoms with Gasteiger partial charge in [-0.15, -0.1) is 0 Å². The summed E-state index contributed by atoms with van der Waals surface area (Å²) in [6.07, 6.45) is 7.40. The van der Waals surface area contributed by atoms with Gasteiger partial charge in [0, 0.05) is 24.7 Å². The molecule has 2 heterocycles. The molecule has 1 spiro atoms. The molecule has 2 aliphatic heterocycles. The average molecular weight is 343 g/mol. The lowest BCUT2D eigenvalue weighted by atomic mass is 9.55. The minimum atomic E-state index is -0.458. The number of carbonyl (C=O) groups excluding carboxylic acids is 1. The Morgan fingerprint density at radius 3 is 2.72 bits per heavy atom. The van der Waals surface area contributed by atoms with E-state index in [-0.39, 0.29) is 23.1 Å². The molecule has 1 saturated carbocycles. The lowest BCUT2D eigenvalue weighted by Crippen LogP contribution is -2.67. The zero-order valence-electron chi connectivity index (χ0n) is 16.3. The summed E-state index contributed by atoms with van der Waals surface area (Å²) < 4.78 is 12.9. The van der Waals surface area contributed by atoms with Crippen molar-refractivity contribution < 1.29 is 14.3 Å². The molecule has 4 aliphatic rings. The van der Waals surface area contributed by atoms with E-state index in [1.165, 1.54) is 23.6 Å². The molecule has 0 aromatic heterocycles. The normalized spacial score (nSPS) is 44.7. The highest BCUT2D eigenvalue weighted by molar-refractivity contribution is 5.66. The molecule has 2 fully saturated rings. The standard InChI is InChI=1S/C22H31O3/c1-13-7-8-17-16(13)12-22-18(14(2)9-10-20(22,4)5)11-19(24-15(3)23)21(17,6)25-22/h12-13,17,19H,1,7-11H2,2-6H3/t13-,17?,19+,21+,22-/m0/s1. The van der Waals surface area contributed by atoms with E-state index in [1.54, 1.807) is 0 Å². The van der Waals surface area contributed by atoms with Crippen LogP contribution in [0.25, 0.3) is 0 Å². The van der Waals surface area contributed by atoms with Crippen LogP contribution >= 0.6 is 0 Å². The van der Waals surface area contributed by atoms with Gasteiger partial charge in [-0.3, -0.25) is 4.79 Å². The maximum atomic E-state index is 11.8. The van der Waals surface area contributed by atoms with Crippen molar-refractivity contribution in [2.45, 2.75) is 84.0 Å². The quantitative estimate of drug-likeness (QED) is 0.508. The molecule has 3 nitrogen and oxygen atoms in total. The molecule has 137 valence electrons. The fraction of sp³-hybridized carbons (Fsp3) is 0.727. The van der Waals surface area contributed by atoms with E-state index in [2.05, 4.69) is 40.7 Å². The molecule has 3 heteroatoms. The van der Waals surface area contributed by atoms with Crippen LogP contribution in [0.1, 0.15) is 66.7 Å². The second kappa shape index (κ2) is 5.22. The molecule has 5 atom stereocenters. The van der Waals surface area contributed by atoms with Crippen molar-refractivity contribution in [1.29, 1.82) is 0 Å². The third-order valence-electron chi connectivity index (χ3n) is 7.55. The molecule has 2 bridgehead atoms. The van der Waals surface area contributed by atoms with Crippen LogP contribution < -0.4 is 0 Å². The van der Waals surface area contributed by atoms with Crippen LogP contribution in [0.4, 0.5) is 0 Å². The fourth-order valence-electron chi connectivity index (χ4n) is 5.91. The Bertz CT molecular complexity index is 685. The molecule has 2 aliphatic carbocycles. The van der Waals surface area contributed by atoms with Crippen molar-refractivity contribution in [3.8, 4) is 0 Å². The van der Waals surface area contributed by atoms with Gasteiger partial charge in [-0.1, -0.05) is 25.0 Å². The van der Waals surface area contributed by atoms with Gasteiger partial charge in [0.25, 0.3) is 0 Å². The summed E-state index contributed by atoms with van der Waals surface area (Å²) in [5, 5.41) is 0. The molecule has 0 aromatic rings. The van der Waals surface area contributed by atoms with E-state index < -0.39 is 5.60 Å². The molecule has 25 heavy (non-hydrogen) atoms. The van der Waals surface area contributed by atoms with Crippen molar-refractivity contribution in [3.05, 3.63) is 29.7 Å². The highest BCUT2D eigenvalue weighted by atomic mass is 16.6. The Hall–Kier alpha value is -1.09. The summed E-state index contributed by atoms with van der Waals surface area (Å²) in [4.78, 5) is 11.8. The van der Waals surface area contributed by atoms with Crippen LogP contribution in [-0.2, 0) is 14.3 Å². The first kappa shape index (κ1) is 17.3. The smallest absolute Gasteiger partial charge is 0.303 e. The van der Waals surface area contributed by atoms with E-state index in [1.807, 2.05) is 0 Å². The van der Waals surface area contributed by atoms with Crippen LogP contribution in [0.3, 0.4) is 0 Å². The second-order valence-corrected chi connectivity index (χ2v) is 9.44. The van der Waals surface area contributed by atoms with Crippen LogP contribution in [0.2, 0.25) is 0 Å². The van der Waals surface area contributed by atoms with Gasteiger partial charge in [0.2, 0.25) is 0 Å². The lowest BCUT2D eigenvalue weighted by molar-refractivity contribution is -0.252. The number of allylic oxidation sites excluding steroid dienone is 1. The van der Waals surface area contributed by atoms with E-state index in [4.69, 9.17) is 9.47 Å². The van der Waals surface area contributed by atoms with Gasteiger partial charge in [-0.2, -0.15) is 0 Å². The predicted octanol–water partition coefficient (Wildman–Crippen LogP) is 4.77. The maximum absolute atomic E-state index is 11.8. The summed E-state index contributed by atoms with van der Waals surface area (Å²) >= 11 is 0.